The first-order valence-electron chi connectivity index (χ1n) is 7.55. The topological polar surface area (TPSA) is 90.0 Å². The van der Waals surface area contributed by atoms with Gasteiger partial charge in [0.2, 0.25) is 5.91 Å². The van der Waals surface area contributed by atoms with Gasteiger partial charge >= 0.3 is 6.03 Å². The Morgan fingerprint density at radius 3 is 2.83 bits per heavy atom. The Balaban J connectivity index is 1.61. The predicted octanol–water partition coefficient (Wildman–Crippen LogP) is 0.285. The number of amides is 4. The van der Waals surface area contributed by atoms with Crippen LogP contribution in [-0.4, -0.2) is 65.0 Å². The number of likely N-dealkylation sites (tertiary alicyclic amines) is 1. The number of thiophene rings is 1. The lowest BCUT2D eigenvalue weighted by Gasteiger charge is -2.36. The number of piperidine rings is 1. The number of rotatable bonds is 3. The fraction of sp³-hybridized carbons (Fsp3) is 0.533. The molecular weight excluding hydrogens is 318 g/mol. The Morgan fingerprint density at radius 1 is 1.48 bits per heavy atom. The van der Waals surface area contributed by atoms with Gasteiger partial charge in [-0.2, -0.15) is 0 Å². The second kappa shape index (κ2) is 6.29. The van der Waals surface area contributed by atoms with Crippen molar-refractivity contribution in [2.45, 2.75) is 25.4 Å². The van der Waals surface area contributed by atoms with E-state index in [2.05, 4.69) is 5.32 Å². The number of imide groups is 1. The van der Waals surface area contributed by atoms with E-state index in [1.54, 1.807) is 11.3 Å². The third-order valence-corrected chi connectivity index (χ3v) is 5.55. The molecule has 0 unspecified atom stereocenters. The van der Waals surface area contributed by atoms with Gasteiger partial charge in [0.05, 0.1) is 12.6 Å². The fourth-order valence-corrected chi connectivity index (χ4v) is 4.20. The zero-order valence-corrected chi connectivity index (χ0v) is 13.6. The molecule has 0 bridgehead atoms. The minimum atomic E-state index is -0.631. The van der Waals surface area contributed by atoms with Gasteiger partial charge in [-0.3, -0.25) is 14.5 Å². The van der Waals surface area contributed by atoms with E-state index in [1.807, 2.05) is 18.4 Å². The van der Waals surface area contributed by atoms with Crippen molar-refractivity contribution in [3.63, 3.8) is 0 Å². The van der Waals surface area contributed by atoms with Crippen LogP contribution in [0.5, 0.6) is 0 Å². The number of carbonyl (C=O) groups excluding carboxylic acids is 3. The molecular formula is C15H19N3O4S. The molecule has 0 aromatic carbocycles. The summed E-state index contributed by atoms with van der Waals surface area (Å²) in [6.07, 6.45) is 0.0437. The lowest BCUT2D eigenvalue weighted by atomic mass is 9.90. The van der Waals surface area contributed by atoms with Crippen LogP contribution in [0.15, 0.2) is 11.4 Å². The molecule has 23 heavy (non-hydrogen) atoms. The summed E-state index contributed by atoms with van der Waals surface area (Å²) in [6.45, 7) is 2.44. The number of carbonyl (C=O) groups is 3. The van der Waals surface area contributed by atoms with Gasteiger partial charge in [-0.25, -0.2) is 4.79 Å². The molecule has 2 saturated heterocycles. The number of nitrogens with zero attached hydrogens (tertiary/aromatic N) is 2. The normalized spacial score (nSPS) is 25.0. The Labute approximate surface area is 137 Å². The van der Waals surface area contributed by atoms with E-state index >= 15 is 0 Å². The van der Waals surface area contributed by atoms with Gasteiger partial charge < -0.3 is 15.3 Å². The van der Waals surface area contributed by atoms with E-state index in [0.717, 1.165) is 10.5 Å². The molecule has 2 atom stereocenters. The lowest BCUT2D eigenvalue weighted by molar-refractivity contribution is -0.139. The number of β-amino-alcohol motifs (C(OH)–C–C–N with tert-alkyl or cyclic N) is 1. The highest BCUT2D eigenvalue weighted by atomic mass is 32.1. The molecule has 3 rings (SSSR count). The molecule has 4 amide bonds. The first-order valence-corrected chi connectivity index (χ1v) is 8.43. The van der Waals surface area contributed by atoms with Crippen molar-refractivity contribution in [2.24, 2.45) is 0 Å². The minimum Gasteiger partial charge on any atom is -0.391 e. The van der Waals surface area contributed by atoms with Crippen molar-refractivity contribution in [3.8, 4) is 0 Å². The Kier molecular flexibility index (Phi) is 4.36. The van der Waals surface area contributed by atoms with E-state index < -0.39 is 18.0 Å². The van der Waals surface area contributed by atoms with Crippen LogP contribution in [0.2, 0.25) is 0 Å². The summed E-state index contributed by atoms with van der Waals surface area (Å²) in [5.41, 5.74) is 1.16. The lowest BCUT2D eigenvalue weighted by Crippen LogP contribution is -2.49. The van der Waals surface area contributed by atoms with Crippen molar-refractivity contribution in [1.82, 2.24) is 15.1 Å². The third-order valence-electron chi connectivity index (χ3n) is 4.40. The summed E-state index contributed by atoms with van der Waals surface area (Å²) in [4.78, 5) is 38.9. The van der Waals surface area contributed by atoms with Gasteiger partial charge in [-0.15, -0.1) is 11.3 Å². The summed E-state index contributed by atoms with van der Waals surface area (Å²) < 4.78 is 0. The Bertz CT molecular complexity index is 628. The van der Waals surface area contributed by atoms with Gasteiger partial charge in [0, 0.05) is 23.9 Å². The Morgan fingerprint density at radius 2 is 2.26 bits per heavy atom. The van der Waals surface area contributed by atoms with Crippen LogP contribution in [0.1, 0.15) is 22.8 Å². The maximum absolute atomic E-state index is 12.3. The number of aliphatic hydroxyl groups excluding tert-OH is 1. The third kappa shape index (κ3) is 3.09. The highest BCUT2D eigenvalue weighted by Gasteiger charge is 2.35. The maximum Gasteiger partial charge on any atom is 0.325 e. The average molecular weight is 337 g/mol. The number of aliphatic hydroxyl groups is 1. The molecule has 7 nitrogen and oxygen atoms in total. The SMILES string of the molecule is Cc1ccsc1[C@@H]1CCN(C(=O)CN2C(=O)CNC2=O)C[C@H]1O. The standard InChI is InChI=1S/C15H19N3O4S/c1-9-3-5-23-14(9)10-2-4-17(7-11(10)19)13(21)8-18-12(20)6-16-15(18)22/h3,5,10-11,19H,2,4,6-8H2,1H3,(H,16,22)/t10-,11-/m1/s1. The van der Waals surface area contributed by atoms with Crippen LogP contribution in [0.25, 0.3) is 0 Å². The molecule has 8 heteroatoms. The summed E-state index contributed by atoms with van der Waals surface area (Å²) in [5, 5.41) is 14.8. The minimum absolute atomic E-state index is 0.0377. The highest BCUT2D eigenvalue weighted by molar-refractivity contribution is 7.10. The molecule has 3 heterocycles. The summed E-state index contributed by atoms with van der Waals surface area (Å²) in [5.74, 6) is -0.667. The highest BCUT2D eigenvalue weighted by Crippen LogP contribution is 2.34. The Hall–Kier alpha value is -1.93. The van der Waals surface area contributed by atoms with E-state index in [9.17, 15) is 19.5 Å². The van der Waals surface area contributed by atoms with Gasteiger partial charge in [-0.1, -0.05) is 0 Å². The number of aryl methyl sites for hydroxylation is 1. The molecule has 2 aliphatic heterocycles. The van der Waals surface area contributed by atoms with Gasteiger partial charge in [0.1, 0.15) is 6.54 Å². The monoisotopic (exact) mass is 337 g/mol. The van der Waals surface area contributed by atoms with Crippen LogP contribution in [0.4, 0.5) is 4.79 Å². The summed E-state index contributed by atoms with van der Waals surface area (Å²) >= 11 is 1.63. The van der Waals surface area contributed by atoms with Gasteiger partial charge in [-0.05, 0) is 30.4 Å². The molecule has 1 aromatic heterocycles. The van der Waals surface area contributed by atoms with Crippen LogP contribution in [0.3, 0.4) is 0 Å². The quantitative estimate of drug-likeness (QED) is 0.776. The van der Waals surface area contributed by atoms with E-state index in [4.69, 9.17) is 0 Å². The van der Waals surface area contributed by atoms with Crippen LogP contribution >= 0.6 is 11.3 Å². The average Bonchev–Trinajstić information content (AvgIpc) is 3.07. The zero-order chi connectivity index (χ0) is 16.6. The van der Waals surface area contributed by atoms with Crippen molar-refractivity contribution < 1.29 is 19.5 Å². The summed E-state index contributed by atoms with van der Waals surface area (Å²) in [6, 6.07) is 1.50. The first kappa shape index (κ1) is 15.9. The molecule has 2 aliphatic rings. The number of urea groups is 1. The van der Waals surface area contributed by atoms with Crippen LogP contribution in [-0.2, 0) is 9.59 Å². The van der Waals surface area contributed by atoms with E-state index in [-0.39, 0.29) is 31.5 Å². The second-order valence-electron chi connectivity index (χ2n) is 5.91. The van der Waals surface area contributed by atoms with Crippen molar-refractivity contribution in [2.75, 3.05) is 26.2 Å². The molecule has 0 radical (unpaired) electrons. The second-order valence-corrected chi connectivity index (χ2v) is 6.86. The predicted molar refractivity (Wildman–Crippen MR) is 84.1 cm³/mol. The zero-order valence-electron chi connectivity index (χ0n) is 12.8. The van der Waals surface area contributed by atoms with Crippen LogP contribution in [0, 0.1) is 6.92 Å². The first-order chi connectivity index (χ1) is 11.0. The van der Waals surface area contributed by atoms with Gasteiger partial charge in [0.15, 0.2) is 0 Å². The largest absolute Gasteiger partial charge is 0.391 e. The van der Waals surface area contributed by atoms with Crippen molar-refractivity contribution in [1.29, 1.82) is 0 Å². The molecule has 0 saturated carbocycles. The fourth-order valence-electron chi connectivity index (χ4n) is 3.08. The molecule has 2 fully saturated rings. The molecule has 0 aliphatic carbocycles. The van der Waals surface area contributed by atoms with Crippen LogP contribution < -0.4 is 5.32 Å². The van der Waals surface area contributed by atoms with Gasteiger partial charge in [0.25, 0.3) is 5.91 Å². The molecule has 1 aromatic rings. The number of hydrogen-bond acceptors (Lipinski definition) is 5. The number of nitrogens with one attached hydrogen (secondary N) is 1. The smallest absolute Gasteiger partial charge is 0.325 e. The molecule has 124 valence electrons. The molecule has 0 spiro atoms. The van der Waals surface area contributed by atoms with Crippen molar-refractivity contribution >= 4 is 29.2 Å². The number of hydrogen-bond donors (Lipinski definition) is 2. The van der Waals surface area contributed by atoms with Crippen molar-refractivity contribution in [3.05, 3.63) is 21.9 Å². The van der Waals surface area contributed by atoms with E-state index in [1.165, 1.54) is 9.78 Å². The maximum atomic E-state index is 12.3. The molecule has 2 N–H and O–H groups in total. The van der Waals surface area contributed by atoms with E-state index in [0.29, 0.717) is 13.0 Å². The summed E-state index contributed by atoms with van der Waals surface area (Å²) in [7, 11) is 0.